The van der Waals surface area contributed by atoms with Crippen LogP contribution in [0.25, 0.3) is 0 Å². The number of anilines is 1. The van der Waals surface area contributed by atoms with Crippen molar-refractivity contribution in [3.63, 3.8) is 0 Å². The number of carboxylic acid groups (broad SMARTS) is 1. The summed E-state index contributed by atoms with van der Waals surface area (Å²) in [6.07, 6.45) is 3.41. The van der Waals surface area contributed by atoms with Gasteiger partial charge in [-0.05, 0) is 31.7 Å². The molecular formula is C14H18N2O4. The first-order chi connectivity index (χ1) is 9.54. The van der Waals surface area contributed by atoms with Crippen molar-refractivity contribution in [3.05, 3.63) is 33.9 Å². The highest BCUT2D eigenvalue weighted by Gasteiger charge is 2.28. The van der Waals surface area contributed by atoms with Crippen molar-refractivity contribution in [2.45, 2.75) is 26.2 Å². The van der Waals surface area contributed by atoms with E-state index in [1.54, 1.807) is 0 Å². The summed E-state index contributed by atoms with van der Waals surface area (Å²) in [5, 5.41) is 20.4. The van der Waals surface area contributed by atoms with Gasteiger partial charge < -0.3 is 10.0 Å². The zero-order valence-corrected chi connectivity index (χ0v) is 11.4. The van der Waals surface area contributed by atoms with Crippen LogP contribution in [0.2, 0.25) is 0 Å². The molecule has 1 fully saturated rings. The van der Waals surface area contributed by atoms with Gasteiger partial charge in [-0.2, -0.15) is 0 Å². The first-order valence-electron chi connectivity index (χ1n) is 6.80. The number of para-hydroxylation sites is 1. The third-order valence-corrected chi connectivity index (χ3v) is 3.84. The Bertz CT molecular complexity index is 494. The molecule has 108 valence electrons. The molecule has 1 N–H and O–H groups in total. The molecule has 1 aliphatic carbocycles. The Kier molecular flexibility index (Phi) is 4.22. The van der Waals surface area contributed by atoms with Gasteiger partial charge in [-0.15, -0.1) is 0 Å². The highest BCUT2D eigenvalue weighted by Crippen LogP contribution is 2.35. The lowest BCUT2D eigenvalue weighted by Gasteiger charge is -2.33. The molecule has 20 heavy (non-hydrogen) atoms. The molecule has 2 rings (SSSR count). The number of hydrogen-bond acceptors (Lipinski definition) is 4. The van der Waals surface area contributed by atoms with Gasteiger partial charge in [0.2, 0.25) is 0 Å². The number of carbonyl (C=O) groups is 1. The minimum Gasteiger partial charge on any atom is -0.478 e. The summed E-state index contributed by atoms with van der Waals surface area (Å²) in [6, 6.07) is 4.21. The van der Waals surface area contributed by atoms with Crippen LogP contribution in [-0.4, -0.2) is 29.1 Å². The molecule has 0 amide bonds. The summed E-state index contributed by atoms with van der Waals surface area (Å²) in [5.74, 6) is -0.618. The Balaban J connectivity index is 2.43. The third kappa shape index (κ3) is 2.74. The van der Waals surface area contributed by atoms with Gasteiger partial charge in [0.1, 0.15) is 5.69 Å². The van der Waals surface area contributed by atoms with Gasteiger partial charge in [0.15, 0.2) is 0 Å². The second-order valence-corrected chi connectivity index (χ2v) is 5.07. The van der Waals surface area contributed by atoms with E-state index in [2.05, 4.69) is 0 Å². The van der Waals surface area contributed by atoms with E-state index in [4.69, 9.17) is 0 Å². The number of hydrogen-bond donors (Lipinski definition) is 1. The number of nitro benzene ring substituents is 1. The number of rotatable bonds is 6. The lowest BCUT2D eigenvalue weighted by atomic mass is 9.85. The van der Waals surface area contributed by atoms with Crippen LogP contribution in [0.15, 0.2) is 18.2 Å². The minimum absolute atomic E-state index is 0.000346. The summed E-state index contributed by atoms with van der Waals surface area (Å²) in [4.78, 5) is 23.8. The second-order valence-electron chi connectivity index (χ2n) is 5.07. The first-order valence-corrected chi connectivity index (χ1v) is 6.80. The largest absolute Gasteiger partial charge is 0.478 e. The van der Waals surface area contributed by atoms with E-state index in [1.807, 2.05) is 11.8 Å². The fraction of sp³-hybridized carbons (Fsp3) is 0.500. The van der Waals surface area contributed by atoms with E-state index in [-0.39, 0.29) is 16.9 Å². The first kappa shape index (κ1) is 14.3. The smallest absolute Gasteiger partial charge is 0.338 e. The summed E-state index contributed by atoms with van der Waals surface area (Å²) in [6.45, 7) is 3.13. The summed E-state index contributed by atoms with van der Waals surface area (Å²) in [5.41, 5.74) is 0.103. The normalized spacial score (nSPS) is 14.7. The molecule has 6 heteroatoms. The Labute approximate surface area is 117 Å². The molecule has 1 aromatic rings. The van der Waals surface area contributed by atoms with Gasteiger partial charge in [0, 0.05) is 19.2 Å². The SMILES string of the molecule is CCN(CC1CCC1)c1c(C(=O)O)cccc1[N+](=O)[O-]. The van der Waals surface area contributed by atoms with Crippen LogP contribution in [0.3, 0.4) is 0 Å². The zero-order chi connectivity index (χ0) is 14.7. The molecular weight excluding hydrogens is 260 g/mol. The molecule has 0 saturated heterocycles. The van der Waals surface area contributed by atoms with E-state index < -0.39 is 10.9 Å². The molecule has 0 spiro atoms. The van der Waals surface area contributed by atoms with Gasteiger partial charge in [-0.25, -0.2) is 4.79 Å². The maximum Gasteiger partial charge on any atom is 0.338 e. The summed E-state index contributed by atoms with van der Waals surface area (Å²) < 4.78 is 0. The van der Waals surface area contributed by atoms with Gasteiger partial charge in [0.25, 0.3) is 5.69 Å². The highest BCUT2D eigenvalue weighted by molar-refractivity contribution is 5.97. The quantitative estimate of drug-likeness (QED) is 0.639. The van der Waals surface area contributed by atoms with E-state index in [1.165, 1.54) is 24.6 Å². The molecule has 0 heterocycles. The predicted octanol–water partition coefficient (Wildman–Crippen LogP) is 2.92. The van der Waals surface area contributed by atoms with Crippen LogP contribution in [0, 0.1) is 16.0 Å². The lowest BCUT2D eigenvalue weighted by molar-refractivity contribution is -0.384. The predicted molar refractivity (Wildman–Crippen MR) is 75.3 cm³/mol. The molecule has 6 nitrogen and oxygen atoms in total. The molecule has 0 bridgehead atoms. The maximum atomic E-state index is 11.3. The minimum atomic E-state index is -1.13. The van der Waals surface area contributed by atoms with E-state index >= 15 is 0 Å². The average molecular weight is 278 g/mol. The number of nitro groups is 1. The molecule has 1 saturated carbocycles. The van der Waals surface area contributed by atoms with E-state index in [0.29, 0.717) is 19.0 Å². The van der Waals surface area contributed by atoms with Crippen molar-refractivity contribution in [2.24, 2.45) is 5.92 Å². The van der Waals surface area contributed by atoms with E-state index in [0.717, 1.165) is 12.8 Å². The average Bonchev–Trinajstić information content (AvgIpc) is 2.37. The Hall–Kier alpha value is -2.11. The van der Waals surface area contributed by atoms with Crippen LogP contribution in [0.4, 0.5) is 11.4 Å². The molecule has 0 unspecified atom stereocenters. The monoisotopic (exact) mass is 278 g/mol. The van der Waals surface area contributed by atoms with Crippen LogP contribution in [0.5, 0.6) is 0 Å². The fourth-order valence-corrected chi connectivity index (χ4v) is 2.55. The van der Waals surface area contributed by atoms with Crippen molar-refractivity contribution >= 4 is 17.3 Å². The third-order valence-electron chi connectivity index (χ3n) is 3.84. The molecule has 1 aromatic carbocycles. The molecule has 0 radical (unpaired) electrons. The molecule has 0 aliphatic heterocycles. The van der Waals surface area contributed by atoms with Crippen LogP contribution >= 0.6 is 0 Å². The second kappa shape index (κ2) is 5.90. The summed E-state index contributed by atoms with van der Waals surface area (Å²) in [7, 11) is 0. The molecule has 1 aliphatic rings. The number of aromatic carboxylic acids is 1. The van der Waals surface area contributed by atoms with Crippen molar-refractivity contribution < 1.29 is 14.8 Å². The molecule has 0 aromatic heterocycles. The van der Waals surface area contributed by atoms with Crippen molar-refractivity contribution in [1.29, 1.82) is 0 Å². The van der Waals surface area contributed by atoms with Crippen molar-refractivity contribution in [3.8, 4) is 0 Å². The Morgan fingerprint density at radius 3 is 2.65 bits per heavy atom. The van der Waals surface area contributed by atoms with Gasteiger partial charge in [-0.3, -0.25) is 10.1 Å². The van der Waals surface area contributed by atoms with Gasteiger partial charge in [0.05, 0.1) is 10.5 Å². The van der Waals surface area contributed by atoms with Crippen LogP contribution < -0.4 is 4.90 Å². The highest BCUT2D eigenvalue weighted by atomic mass is 16.6. The van der Waals surface area contributed by atoms with Gasteiger partial charge >= 0.3 is 5.97 Å². The molecule has 0 atom stereocenters. The number of nitrogens with zero attached hydrogens (tertiary/aromatic N) is 2. The van der Waals surface area contributed by atoms with Crippen molar-refractivity contribution in [1.82, 2.24) is 0 Å². The summed E-state index contributed by atoms with van der Waals surface area (Å²) >= 11 is 0. The van der Waals surface area contributed by atoms with Crippen LogP contribution in [-0.2, 0) is 0 Å². The topological polar surface area (TPSA) is 83.7 Å². The number of carboxylic acids is 1. The van der Waals surface area contributed by atoms with Crippen LogP contribution in [0.1, 0.15) is 36.5 Å². The zero-order valence-electron chi connectivity index (χ0n) is 11.4. The Morgan fingerprint density at radius 2 is 2.20 bits per heavy atom. The lowest BCUT2D eigenvalue weighted by Crippen LogP contribution is -2.34. The fourth-order valence-electron chi connectivity index (χ4n) is 2.55. The standard InChI is InChI=1S/C14H18N2O4/c1-2-15(9-10-5-3-6-10)13-11(14(17)18)7-4-8-12(13)16(19)20/h4,7-8,10H,2-3,5-6,9H2,1H3,(H,17,18). The Morgan fingerprint density at radius 1 is 1.50 bits per heavy atom. The van der Waals surface area contributed by atoms with Gasteiger partial charge in [-0.1, -0.05) is 12.5 Å². The maximum absolute atomic E-state index is 11.3. The van der Waals surface area contributed by atoms with Crippen molar-refractivity contribution in [2.75, 3.05) is 18.0 Å². The van der Waals surface area contributed by atoms with E-state index in [9.17, 15) is 20.0 Å². The number of benzene rings is 1.